The van der Waals surface area contributed by atoms with E-state index >= 15 is 0 Å². The first kappa shape index (κ1) is 21.0. The standard InChI is InChI=1S/C19H27N7O2S/c1-11-8-15(29-25-11)24-19-17(18(20)28)21-10-14(23-19)22-13-6-4-12(5-7-13)9-16(27)26(2)3/h8,10,12-13H,4-7,9H2,1-3H3,(H2,20,28)(H2,22,23,24). The van der Waals surface area contributed by atoms with E-state index in [0.717, 1.165) is 36.4 Å². The van der Waals surface area contributed by atoms with Gasteiger partial charge in [0.15, 0.2) is 11.5 Å². The average molecular weight is 418 g/mol. The van der Waals surface area contributed by atoms with Gasteiger partial charge in [-0.1, -0.05) is 0 Å². The fourth-order valence-corrected chi connectivity index (χ4v) is 4.08. The predicted octanol–water partition coefficient (Wildman–Crippen LogP) is 2.53. The van der Waals surface area contributed by atoms with Crippen molar-refractivity contribution >= 4 is 40.0 Å². The van der Waals surface area contributed by atoms with E-state index in [-0.39, 0.29) is 17.6 Å². The number of nitrogens with one attached hydrogen (secondary N) is 2. The molecule has 1 aliphatic rings. The van der Waals surface area contributed by atoms with E-state index in [1.807, 2.05) is 13.0 Å². The minimum atomic E-state index is -0.640. The molecule has 2 aromatic rings. The van der Waals surface area contributed by atoms with Crippen molar-refractivity contribution in [3.8, 4) is 0 Å². The second kappa shape index (κ2) is 9.17. The molecule has 0 aromatic carbocycles. The Kier molecular flexibility index (Phi) is 6.63. The van der Waals surface area contributed by atoms with Crippen LogP contribution < -0.4 is 16.4 Å². The molecule has 2 aromatic heterocycles. The Morgan fingerprint density at radius 2 is 2.00 bits per heavy atom. The summed E-state index contributed by atoms with van der Waals surface area (Å²) in [6.45, 7) is 1.89. The van der Waals surface area contributed by atoms with Gasteiger partial charge < -0.3 is 21.3 Å². The van der Waals surface area contributed by atoms with Crippen molar-refractivity contribution in [2.24, 2.45) is 11.7 Å². The lowest BCUT2D eigenvalue weighted by atomic mass is 9.84. The highest BCUT2D eigenvalue weighted by atomic mass is 32.1. The largest absolute Gasteiger partial charge is 0.366 e. The summed E-state index contributed by atoms with van der Waals surface area (Å²) < 4.78 is 4.21. The van der Waals surface area contributed by atoms with E-state index in [1.54, 1.807) is 19.0 Å². The van der Waals surface area contributed by atoms with E-state index in [0.29, 0.717) is 24.0 Å². The van der Waals surface area contributed by atoms with E-state index in [1.165, 1.54) is 17.7 Å². The van der Waals surface area contributed by atoms with Gasteiger partial charge in [-0.3, -0.25) is 9.59 Å². The van der Waals surface area contributed by atoms with E-state index in [2.05, 4.69) is 25.0 Å². The third kappa shape index (κ3) is 5.63. The molecule has 0 bridgehead atoms. The van der Waals surface area contributed by atoms with Crippen LogP contribution in [0.4, 0.5) is 16.6 Å². The molecule has 1 aliphatic carbocycles. The third-order valence-electron chi connectivity index (χ3n) is 5.04. The highest BCUT2D eigenvalue weighted by Gasteiger charge is 2.24. The number of primary amides is 1. The number of aryl methyl sites for hydroxylation is 1. The lowest BCUT2D eigenvalue weighted by molar-refractivity contribution is -0.129. The van der Waals surface area contributed by atoms with Gasteiger partial charge in [0.2, 0.25) is 5.91 Å². The van der Waals surface area contributed by atoms with Crippen molar-refractivity contribution in [1.29, 1.82) is 0 Å². The summed E-state index contributed by atoms with van der Waals surface area (Å²) in [4.78, 5) is 34.0. The van der Waals surface area contributed by atoms with Crippen molar-refractivity contribution in [2.75, 3.05) is 24.7 Å². The maximum Gasteiger partial charge on any atom is 0.271 e. The van der Waals surface area contributed by atoms with E-state index < -0.39 is 5.91 Å². The van der Waals surface area contributed by atoms with Gasteiger partial charge >= 0.3 is 0 Å². The molecule has 1 fully saturated rings. The van der Waals surface area contributed by atoms with Crippen LogP contribution in [0.15, 0.2) is 12.3 Å². The molecule has 0 saturated heterocycles. The number of hydrogen-bond donors (Lipinski definition) is 3. The zero-order chi connectivity index (χ0) is 21.0. The summed E-state index contributed by atoms with van der Waals surface area (Å²) in [6.07, 6.45) is 6.05. The molecule has 0 spiro atoms. The average Bonchev–Trinajstić information content (AvgIpc) is 3.08. The molecule has 10 heteroatoms. The van der Waals surface area contributed by atoms with Crippen molar-refractivity contribution in [2.45, 2.75) is 45.1 Å². The first-order chi connectivity index (χ1) is 13.8. The van der Waals surface area contributed by atoms with Gasteiger partial charge in [-0.2, -0.15) is 4.37 Å². The fourth-order valence-electron chi connectivity index (χ4n) is 3.41. The Balaban J connectivity index is 1.63. The Morgan fingerprint density at radius 3 is 2.59 bits per heavy atom. The zero-order valence-corrected chi connectivity index (χ0v) is 17.8. The van der Waals surface area contributed by atoms with Gasteiger partial charge in [-0.25, -0.2) is 9.97 Å². The van der Waals surface area contributed by atoms with Crippen LogP contribution in [0.1, 0.15) is 48.3 Å². The maximum atomic E-state index is 11.9. The molecule has 2 amide bonds. The van der Waals surface area contributed by atoms with Gasteiger partial charge in [-0.15, -0.1) is 0 Å². The summed E-state index contributed by atoms with van der Waals surface area (Å²) in [6, 6.07) is 2.13. The van der Waals surface area contributed by atoms with Crippen molar-refractivity contribution in [3.05, 3.63) is 23.7 Å². The van der Waals surface area contributed by atoms with E-state index in [4.69, 9.17) is 5.73 Å². The third-order valence-corrected chi connectivity index (χ3v) is 5.83. The molecular weight excluding hydrogens is 390 g/mol. The van der Waals surface area contributed by atoms with Crippen molar-refractivity contribution in [3.63, 3.8) is 0 Å². The SMILES string of the molecule is Cc1cc(Nc2nc(NC3CCC(CC(=O)N(C)C)CC3)cnc2C(N)=O)sn1. The first-order valence-corrected chi connectivity index (χ1v) is 10.4. The van der Waals surface area contributed by atoms with Crippen LogP contribution in [0.25, 0.3) is 0 Å². The minimum absolute atomic E-state index is 0.0903. The van der Waals surface area contributed by atoms with Gasteiger partial charge in [0, 0.05) is 26.6 Å². The van der Waals surface area contributed by atoms with Crippen LogP contribution in [0, 0.1) is 12.8 Å². The Hall–Kier alpha value is -2.75. The van der Waals surface area contributed by atoms with Crippen LogP contribution in [0.5, 0.6) is 0 Å². The van der Waals surface area contributed by atoms with Crippen LogP contribution >= 0.6 is 11.5 Å². The van der Waals surface area contributed by atoms with Crippen LogP contribution in [-0.2, 0) is 4.79 Å². The summed E-state index contributed by atoms with van der Waals surface area (Å²) in [5, 5.41) is 7.26. The Bertz CT molecular complexity index is 875. The molecule has 29 heavy (non-hydrogen) atoms. The number of rotatable bonds is 7. The first-order valence-electron chi connectivity index (χ1n) is 9.65. The van der Waals surface area contributed by atoms with E-state index in [9.17, 15) is 9.59 Å². The molecule has 4 N–H and O–H groups in total. The number of anilines is 3. The van der Waals surface area contributed by atoms with Crippen molar-refractivity contribution < 1.29 is 9.59 Å². The number of amides is 2. The summed E-state index contributed by atoms with van der Waals surface area (Å²) in [7, 11) is 3.59. The van der Waals surface area contributed by atoms with Crippen LogP contribution in [-0.4, -0.2) is 51.2 Å². The van der Waals surface area contributed by atoms with Crippen LogP contribution in [0.3, 0.4) is 0 Å². The topological polar surface area (TPSA) is 126 Å². The second-order valence-electron chi connectivity index (χ2n) is 7.63. The van der Waals surface area contributed by atoms with Gasteiger partial charge in [0.1, 0.15) is 10.8 Å². The van der Waals surface area contributed by atoms with Gasteiger partial charge in [-0.05, 0) is 56.1 Å². The smallest absolute Gasteiger partial charge is 0.271 e. The molecule has 3 rings (SSSR count). The molecule has 0 radical (unpaired) electrons. The number of nitrogens with zero attached hydrogens (tertiary/aromatic N) is 4. The lowest BCUT2D eigenvalue weighted by Crippen LogP contribution is -2.30. The maximum absolute atomic E-state index is 11.9. The minimum Gasteiger partial charge on any atom is -0.366 e. The second-order valence-corrected chi connectivity index (χ2v) is 8.43. The highest BCUT2D eigenvalue weighted by Crippen LogP contribution is 2.29. The van der Waals surface area contributed by atoms with Gasteiger partial charge in [0.05, 0.1) is 11.9 Å². The van der Waals surface area contributed by atoms with Crippen LogP contribution in [0.2, 0.25) is 0 Å². The molecule has 0 unspecified atom stereocenters. The molecule has 9 nitrogen and oxygen atoms in total. The summed E-state index contributed by atoms with van der Waals surface area (Å²) in [5.74, 6) is 0.878. The highest BCUT2D eigenvalue weighted by molar-refractivity contribution is 7.10. The fraction of sp³-hybridized carbons (Fsp3) is 0.526. The quantitative estimate of drug-likeness (QED) is 0.632. The number of aromatic nitrogens is 3. The molecule has 0 aliphatic heterocycles. The lowest BCUT2D eigenvalue weighted by Gasteiger charge is -2.29. The predicted molar refractivity (Wildman–Crippen MR) is 113 cm³/mol. The molecule has 156 valence electrons. The molecule has 2 heterocycles. The molecule has 1 saturated carbocycles. The zero-order valence-electron chi connectivity index (χ0n) is 16.9. The number of nitrogens with two attached hydrogens (primary N) is 1. The number of hydrogen-bond acceptors (Lipinski definition) is 8. The molecule has 0 atom stereocenters. The van der Waals surface area contributed by atoms with Gasteiger partial charge in [0.25, 0.3) is 5.91 Å². The molecular formula is C19H27N7O2S. The monoisotopic (exact) mass is 417 g/mol. The Labute approximate surface area is 174 Å². The number of carbonyl (C=O) groups is 2. The summed E-state index contributed by atoms with van der Waals surface area (Å²) in [5.41, 5.74) is 6.41. The normalized spacial score (nSPS) is 18.9. The Morgan fingerprint density at radius 1 is 1.28 bits per heavy atom. The number of carbonyl (C=O) groups excluding carboxylic acids is 2. The van der Waals surface area contributed by atoms with Crippen molar-refractivity contribution in [1.82, 2.24) is 19.2 Å². The summed E-state index contributed by atoms with van der Waals surface area (Å²) >= 11 is 1.28.